The Kier molecular flexibility index (Phi) is 7.24. The highest BCUT2D eigenvalue weighted by Gasteiger charge is 2.21. The van der Waals surface area contributed by atoms with Gasteiger partial charge in [-0.3, -0.25) is 0 Å². The van der Waals surface area contributed by atoms with Crippen LogP contribution in [0.15, 0.2) is 47.4 Å². The van der Waals surface area contributed by atoms with E-state index in [4.69, 9.17) is 21.1 Å². The maximum absolute atomic E-state index is 12.3. The van der Waals surface area contributed by atoms with Crippen LogP contribution in [0.3, 0.4) is 0 Å². The number of benzene rings is 2. The monoisotopic (exact) mass is 411 g/mol. The van der Waals surface area contributed by atoms with Gasteiger partial charge in [0.15, 0.2) is 0 Å². The fourth-order valence-electron chi connectivity index (χ4n) is 2.26. The molecule has 0 unspecified atom stereocenters. The van der Waals surface area contributed by atoms with E-state index in [-0.39, 0.29) is 28.7 Å². The van der Waals surface area contributed by atoms with Crippen molar-refractivity contribution in [2.24, 2.45) is 0 Å². The first-order valence-electron chi connectivity index (χ1n) is 8.36. The van der Waals surface area contributed by atoms with Gasteiger partial charge in [0.2, 0.25) is 10.0 Å². The normalized spacial score (nSPS) is 11.4. The lowest BCUT2D eigenvalue weighted by Gasteiger charge is -2.13. The van der Waals surface area contributed by atoms with Gasteiger partial charge in [-0.2, -0.15) is 0 Å². The molecule has 2 aromatic carbocycles. The summed E-state index contributed by atoms with van der Waals surface area (Å²) in [5, 5.41) is 0.120. The molecular formula is C19H22ClNO5S. The van der Waals surface area contributed by atoms with Crippen LogP contribution < -0.4 is 4.74 Å². The van der Waals surface area contributed by atoms with Crippen LogP contribution in [0.4, 0.5) is 0 Å². The van der Waals surface area contributed by atoms with E-state index in [1.54, 1.807) is 0 Å². The lowest BCUT2D eigenvalue weighted by Crippen LogP contribution is -2.22. The van der Waals surface area contributed by atoms with E-state index in [1.165, 1.54) is 32.3 Å². The summed E-state index contributed by atoms with van der Waals surface area (Å²) in [7, 11) is -0.856. The van der Waals surface area contributed by atoms with Gasteiger partial charge in [0.1, 0.15) is 19.0 Å². The first-order valence-corrected chi connectivity index (χ1v) is 10.2. The van der Waals surface area contributed by atoms with Crippen molar-refractivity contribution >= 4 is 27.6 Å². The standard InChI is InChI=1S/C19H22ClNO5S/c1-4-14-6-5-7-15(12-14)25-10-11-26-19(22)17-13-16(8-9-18(17)20)27(23,24)21(2)3/h5-9,12-13H,4,10-11H2,1-3H3. The van der Waals surface area contributed by atoms with E-state index in [9.17, 15) is 13.2 Å². The summed E-state index contributed by atoms with van der Waals surface area (Å²) >= 11 is 6.02. The highest BCUT2D eigenvalue weighted by atomic mass is 35.5. The molecule has 0 atom stereocenters. The lowest BCUT2D eigenvalue weighted by molar-refractivity contribution is 0.0450. The number of esters is 1. The molecule has 2 aromatic rings. The predicted molar refractivity (Wildman–Crippen MR) is 104 cm³/mol. The Hall–Kier alpha value is -2.09. The molecule has 27 heavy (non-hydrogen) atoms. The molecule has 6 nitrogen and oxygen atoms in total. The van der Waals surface area contributed by atoms with Crippen molar-refractivity contribution in [2.75, 3.05) is 27.3 Å². The number of halogens is 1. The van der Waals surface area contributed by atoms with Crippen LogP contribution in [0.2, 0.25) is 5.02 Å². The van der Waals surface area contributed by atoms with Gasteiger partial charge < -0.3 is 9.47 Å². The number of carbonyl (C=O) groups excluding carboxylic acids is 1. The number of nitrogens with zero attached hydrogens (tertiary/aromatic N) is 1. The zero-order valence-electron chi connectivity index (χ0n) is 15.4. The Morgan fingerprint density at radius 1 is 1.11 bits per heavy atom. The van der Waals surface area contributed by atoms with E-state index in [1.807, 2.05) is 24.3 Å². The summed E-state index contributed by atoms with van der Waals surface area (Å²) in [6.45, 7) is 2.23. The van der Waals surface area contributed by atoms with E-state index in [0.717, 1.165) is 16.3 Å². The van der Waals surface area contributed by atoms with Crippen molar-refractivity contribution in [3.63, 3.8) is 0 Å². The van der Waals surface area contributed by atoms with Crippen LogP contribution in [0, 0.1) is 0 Å². The first-order chi connectivity index (χ1) is 12.8. The van der Waals surface area contributed by atoms with Crippen LogP contribution >= 0.6 is 11.6 Å². The van der Waals surface area contributed by atoms with Crippen molar-refractivity contribution in [2.45, 2.75) is 18.2 Å². The van der Waals surface area contributed by atoms with Gasteiger partial charge in [0.25, 0.3) is 0 Å². The maximum Gasteiger partial charge on any atom is 0.339 e. The molecule has 0 heterocycles. The summed E-state index contributed by atoms with van der Waals surface area (Å²) in [4.78, 5) is 12.2. The number of ether oxygens (including phenoxy) is 2. The molecule has 0 aliphatic heterocycles. The topological polar surface area (TPSA) is 72.9 Å². The second-order valence-corrected chi connectivity index (χ2v) is 8.47. The molecule has 0 spiro atoms. The van der Waals surface area contributed by atoms with E-state index in [0.29, 0.717) is 5.75 Å². The molecule has 0 aliphatic carbocycles. The Labute approximate surface area is 164 Å². The largest absolute Gasteiger partial charge is 0.490 e. The molecule has 146 valence electrons. The molecule has 2 rings (SSSR count). The Morgan fingerprint density at radius 3 is 2.52 bits per heavy atom. The maximum atomic E-state index is 12.3. The SMILES string of the molecule is CCc1cccc(OCCOC(=O)c2cc(S(=O)(=O)N(C)C)ccc2Cl)c1. The summed E-state index contributed by atoms with van der Waals surface area (Å²) in [5.74, 6) is -0.00998. The van der Waals surface area contributed by atoms with Crippen LogP contribution in [0.25, 0.3) is 0 Å². The third-order valence-corrected chi connectivity index (χ3v) is 5.97. The van der Waals surface area contributed by atoms with Crippen molar-refractivity contribution in [1.82, 2.24) is 4.31 Å². The highest BCUT2D eigenvalue weighted by Crippen LogP contribution is 2.23. The molecule has 0 N–H and O–H groups in total. The summed E-state index contributed by atoms with van der Waals surface area (Å²) in [6.07, 6.45) is 0.900. The molecule has 0 radical (unpaired) electrons. The molecule has 0 fully saturated rings. The smallest absolute Gasteiger partial charge is 0.339 e. The number of sulfonamides is 1. The molecular weight excluding hydrogens is 390 g/mol. The van der Waals surface area contributed by atoms with Gasteiger partial charge in [-0.25, -0.2) is 17.5 Å². The first kappa shape index (κ1) is 21.2. The molecule has 0 aromatic heterocycles. The summed E-state index contributed by atoms with van der Waals surface area (Å²) in [5.41, 5.74) is 1.14. The van der Waals surface area contributed by atoms with Crippen molar-refractivity contribution in [1.29, 1.82) is 0 Å². The van der Waals surface area contributed by atoms with Gasteiger partial charge in [0.05, 0.1) is 15.5 Å². The molecule has 0 aliphatic rings. The van der Waals surface area contributed by atoms with Crippen LogP contribution in [0.5, 0.6) is 5.75 Å². The molecule has 0 amide bonds. The van der Waals surface area contributed by atoms with E-state index >= 15 is 0 Å². The molecule has 8 heteroatoms. The van der Waals surface area contributed by atoms with Crippen molar-refractivity contribution in [3.05, 3.63) is 58.6 Å². The third kappa shape index (κ3) is 5.45. The van der Waals surface area contributed by atoms with Gasteiger partial charge in [-0.15, -0.1) is 0 Å². The van der Waals surface area contributed by atoms with Crippen LogP contribution in [-0.2, 0) is 21.2 Å². The van der Waals surface area contributed by atoms with Gasteiger partial charge >= 0.3 is 5.97 Å². The molecule has 0 bridgehead atoms. The third-order valence-electron chi connectivity index (χ3n) is 3.83. The second kappa shape index (κ2) is 9.21. The molecule has 0 saturated heterocycles. The van der Waals surface area contributed by atoms with Crippen molar-refractivity contribution < 1.29 is 22.7 Å². The zero-order valence-corrected chi connectivity index (χ0v) is 17.0. The van der Waals surface area contributed by atoms with Gasteiger partial charge in [-0.1, -0.05) is 30.7 Å². The average Bonchev–Trinajstić information content (AvgIpc) is 2.65. The van der Waals surface area contributed by atoms with Gasteiger partial charge in [0, 0.05) is 14.1 Å². The van der Waals surface area contributed by atoms with Crippen LogP contribution in [0.1, 0.15) is 22.8 Å². The predicted octanol–water partition coefficient (Wildman–Crippen LogP) is 3.39. The minimum absolute atomic E-state index is 0.00688. The number of aryl methyl sites for hydroxylation is 1. The quantitative estimate of drug-likeness (QED) is 0.491. The number of rotatable bonds is 8. The summed E-state index contributed by atoms with van der Waals surface area (Å²) in [6, 6.07) is 11.6. The van der Waals surface area contributed by atoms with E-state index in [2.05, 4.69) is 6.92 Å². The Balaban J connectivity index is 1.99. The number of hydrogen-bond acceptors (Lipinski definition) is 5. The lowest BCUT2D eigenvalue weighted by atomic mass is 10.2. The average molecular weight is 412 g/mol. The Morgan fingerprint density at radius 2 is 1.85 bits per heavy atom. The van der Waals surface area contributed by atoms with Crippen LogP contribution in [-0.4, -0.2) is 46.0 Å². The number of hydrogen-bond donors (Lipinski definition) is 0. The fraction of sp³-hybridized carbons (Fsp3) is 0.316. The zero-order chi connectivity index (χ0) is 20.0. The second-order valence-electron chi connectivity index (χ2n) is 5.91. The minimum Gasteiger partial charge on any atom is -0.490 e. The minimum atomic E-state index is -3.68. The van der Waals surface area contributed by atoms with E-state index < -0.39 is 16.0 Å². The summed E-state index contributed by atoms with van der Waals surface area (Å²) < 4.78 is 36.2. The Bertz CT molecular complexity index is 912. The van der Waals surface area contributed by atoms with Crippen molar-refractivity contribution in [3.8, 4) is 5.75 Å². The molecule has 0 saturated carbocycles. The number of carbonyl (C=O) groups is 1. The van der Waals surface area contributed by atoms with Gasteiger partial charge in [-0.05, 0) is 42.3 Å². The fourth-order valence-corrected chi connectivity index (χ4v) is 3.38. The highest BCUT2D eigenvalue weighted by molar-refractivity contribution is 7.89.